The lowest BCUT2D eigenvalue weighted by atomic mass is 9.93. The molecular weight excluding hydrogens is 214 g/mol. The Morgan fingerprint density at radius 1 is 1.35 bits per heavy atom. The maximum absolute atomic E-state index is 12.1. The van der Waals surface area contributed by atoms with Crippen LogP contribution >= 0.6 is 0 Å². The first-order valence-corrected chi connectivity index (χ1v) is 5.93. The molecule has 3 rings (SSSR count). The molecule has 88 valence electrons. The number of amides is 1. The van der Waals surface area contributed by atoms with Gasteiger partial charge in [-0.25, -0.2) is 4.98 Å². The average Bonchev–Trinajstić information content (AvgIpc) is 2.94. The number of hydrogen-bond acceptors (Lipinski definition) is 3. The number of carbonyl (C=O) groups is 1. The van der Waals surface area contributed by atoms with Crippen LogP contribution in [0.5, 0.6) is 0 Å². The van der Waals surface area contributed by atoms with Gasteiger partial charge in [-0.15, -0.1) is 0 Å². The number of allylic oxidation sites excluding steroid dienone is 2. The molecule has 0 aliphatic heterocycles. The van der Waals surface area contributed by atoms with Gasteiger partial charge < -0.3 is 11.1 Å². The van der Waals surface area contributed by atoms with Crippen molar-refractivity contribution in [3.63, 3.8) is 0 Å². The number of nitrogens with one attached hydrogen (secondary N) is 1. The number of fused-ring (bicyclic) bond motifs is 2. The summed E-state index contributed by atoms with van der Waals surface area (Å²) in [6, 6.07) is 3.47. The van der Waals surface area contributed by atoms with E-state index in [2.05, 4.69) is 22.5 Å². The highest BCUT2D eigenvalue weighted by atomic mass is 16.1. The van der Waals surface area contributed by atoms with Crippen LogP contribution < -0.4 is 11.1 Å². The third kappa shape index (κ3) is 1.90. The third-order valence-corrected chi connectivity index (χ3v) is 3.67. The normalized spacial score (nSPS) is 29.5. The van der Waals surface area contributed by atoms with Crippen LogP contribution in [0, 0.1) is 17.8 Å². The van der Waals surface area contributed by atoms with Crippen molar-refractivity contribution in [3.8, 4) is 0 Å². The Kier molecular flexibility index (Phi) is 2.35. The lowest BCUT2D eigenvalue weighted by Crippen LogP contribution is -2.25. The Bertz CT molecular complexity index is 466. The van der Waals surface area contributed by atoms with E-state index in [0.29, 0.717) is 17.7 Å². The number of aromatic nitrogens is 1. The average molecular weight is 229 g/mol. The Balaban J connectivity index is 1.68. The summed E-state index contributed by atoms with van der Waals surface area (Å²) in [4.78, 5) is 16.0. The van der Waals surface area contributed by atoms with Crippen LogP contribution in [0.3, 0.4) is 0 Å². The minimum atomic E-state index is 0.105. The maximum Gasteiger partial charge on any atom is 0.228 e. The van der Waals surface area contributed by atoms with E-state index in [1.807, 2.05) is 0 Å². The number of carbonyl (C=O) groups excluding carboxylic acids is 1. The van der Waals surface area contributed by atoms with Crippen LogP contribution in [0.2, 0.25) is 0 Å². The Hall–Kier alpha value is -1.84. The SMILES string of the molecule is Nc1ccc(NC(=O)C2CC3C=CC2C3)cn1. The Labute approximate surface area is 99.9 Å². The van der Waals surface area contributed by atoms with Gasteiger partial charge in [0.05, 0.1) is 11.9 Å². The van der Waals surface area contributed by atoms with Crippen molar-refractivity contribution in [2.45, 2.75) is 12.8 Å². The van der Waals surface area contributed by atoms with E-state index in [0.717, 1.165) is 18.5 Å². The monoisotopic (exact) mass is 229 g/mol. The van der Waals surface area contributed by atoms with Gasteiger partial charge in [-0.1, -0.05) is 12.2 Å². The third-order valence-electron chi connectivity index (χ3n) is 3.67. The topological polar surface area (TPSA) is 68.0 Å². The van der Waals surface area contributed by atoms with E-state index in [4.69, 9.17) is 5.73 Å². The fourth-order valence-corrected chi connectivity index (χ4v) is 2.80. The summed E-state index contributed by atoms with van der Waals surface area (Å²) in [5.41, 5.74) is 6.21. The van der Waals surface area contributed by atoms with Crippen molar-refractivity contribution in [1.29, 1.82) is 0 Å². The maximum atomic E-state index is 12.1. The Morgan fingerprint density at radius 3 is 2.82 bits per heavy atom. The molecule has 4 heteroatoms. The quantitative estimate of drug-likeness (QED) is 0.760. The number of anilines is 2. The molecule has 1 fully saturated rings. The molecule has 0 aromatic carbocycles. The van der Waals surface area contributed by atoms with Crippen LogP contribution in [-0.2, 0) is 4.79 Å². The molecule has 1 aromatic heterocycles. The molecule has 0 spiro atoms. The van der Waals surface area contributed by atoms with Gasteiger partial charge in [0.1, 0.15) is 5.82 Å². The predicted molar refractivity (Wildman–Crippen MR) is 66.1 cm³/mol. The molecule has 1 aromatic rings. The molecule has 4 nitrogen and oxygen atoms in total. The first kappa shape index (κ1) is 10.3. The molecule has 0 radical (unpaired) electrons. The molecule has 3 N–H and O–H groups in total. The fraction of sp³-hybridized carbons (Fsp3) is 0.385. The van der Waals surface area contributed by atoms with Gasteiger partial charge in [-0.3, -0.25) is 4.79 Å². The van der Waals surface area contributed by atoms with E-state index < -0.39 is 0 Å². The van der Waals surface area contributed by atoms with Crippen LogP contribution in [0.1, 0.15) is 12.8 Å². The molecule has 1 heterocycles. The van der Waals surface area contributed by atoms with E-state index in [-0.39, 0.29) is 11.8 Å². The minimum Gasteiger partial charge on any atom is -0.384 e. The van der Waals surface area contributed by atoms with E-state index in [1.165, 1.54) is 0 Å². The van der Waals surface area contributed by atoms with Crippen LogP contribution in [0.25, 0.3) is 0 Å². The molecule has 3 atom stereocenters. The number of nitrogens with zero attached hydrogens (tertiary/aromatic N) is 1. The van der Waals surface area contributed by atoms with Gasteiger partial charge in [0.2, 0.25) is 5.91 Å². The van der Waals surface area contributed by atoms with Crippen LogP contribution in [0.4, 0.5) is 11.5 Å². The molecule has 2 bridgehead atoms. The molecule has 17 heavy (non-hydrogen) atoms. The van der Waals surface area contributed by atoms with Gasteiger partial charge in [-0.2, -0.15) is 0 Å². The standard InChI is InChI=1S/C13H15N3O/c14-12-4-3-10(7-15-12)16-13(17)11-6-8-1-2-9(11)5-8/h1-4,7-9,11H,5-6H2,(H2,14,15)(H,16,17). The number of nitrogen functional groups attached to an aromatic ring is 1. The molecule has 1 amide bonds. The second-order valence-corrected chi connectivity index (χ2v) is 4.85. The van der Waals surface area contributed by atoms with Crippen molar-refractivity contribution in [2.75, 3.05) is 11.1 Å². The first-order chi connectivity index (χ1) is 8.22. The van der Waals surface area contributed by atoms with Gasteiger partial charge in [0.25, 0.3) is 0 Å². The van der Waals surface area contributed by atoms with Crippen molar-refractivity contribution in [1.82, 2.24) is 4.98 Å². The molecule has 1 saturated carbocycles. The van der Waals surface area contributed by atoms with Gasteiger partial charge in [0, 0.05) is 5.92 Å². The largest absolute Gasteiger partial charge is 0.384 e. The minimum absolute atomic E-state index is 0.105. The molecular formula is C13H15N3O. The van der Waals surface area contributed by atoms with E-state index in [1.54, 1.807) is 18.3 Å². The van der Waals surface area contributed by atoms with Crippen molar-refractivity contribution < 1.29 is 4.79 Å². The summed E-state index contributed by atoms with van der Waals surface area (Å²) in [6.07, 6.45) is 8.13. The number of nitrogens with two attached hydrogens (primary N) is 1. The lowest BCUT2D eigenvalue weighted by molar-refractivity contribution is -0.120. The lowest BCUT2D eigenvalue weighted by Gasteiger charge is -2.17. The van der Waals surface area contributed by atoms with Crippen LogP contribution in [0.15, 0.2) is 30.5 Å². The summed E-state index contributed by atoms with van der Waals surface area (Å²) >= 11 is 0. The van der Waals surface area contributed by atoms with Crippen LogP contribution in [-0.4, -0.2) is 10.9 Å². The highest BCUT2D eigenvalue weighted by Crippen LogP contribution is 2.43. The van der Waals surface area contributed by atoms with Crippen molar-refractivity contribution >= 4 is 17.4 Å². The van der Waals surface area contributed by atoms with Gasteiger partial charge in [0.15, 0.2) is 0 Å². The Morgan fingerprint density at radius 2 is 2.24 bits per heavy atom. The number of hydrogen-bond donors (Lipinski definition) is 2. The summed E-state index contributed by atoms with van der Waals surface area (Å²) in [6.45, 7) is 0. The fourth-order valence-electron chi connectivity index (χ4n) is 2.80. The zero-order valence-electron chi connectivity index (χ0n) is 9.47. The highest BCUT2D eigenvalue weighted by Gasteiger charge is 2.39. The molecule has 0 saturated heterocycles. The highest BCUT2D eigenvalue weighted by molar-refractivity contribution is 5.93. The summed E-state index contributed by atoms with van der Waals surface area (Å²) < 4.78 is 0. The van der Waals surface area contributed by atoms with Crippen molar-refractivity contribution in [2.24, 2.45) is 17.8 Å². The van der Waals surface area contributed by atoms with E-state index >= 15 is 0 Å². The number of rotatable bonds is 2. The molecule has 2 aliphatic carbocycles. The van der Waals surface area contributed by atoms with E-state index in [9.17, 15) is 4.79 Å². The molecule has 2 aliphatic rings. The van der Waals surface area contributed by atoms with Crippen molar-refractivity contribution in [3.05, 3.63) is 30.5 Å². The second-order valence-electron chi connectivity index (χ2n) is 4.85. The smallest absolute Gasteiger partial charge is 0.228 e. The summed E-state index contributed by atoms with van der Waals surface area (Å²) in [5, 5.41) is 2.91. The zero-order valence-corrected chi connectivity index (χ0v) is 9.47. The first-order valence-electron chi connectivity index (χ1n) is 5.93. The summed E-state index contributed by atoms with van der Waals surface area (Å²) in [7, 11) is 0. The van der Waals surface area contributed by atoms with Gasteiger partial charge >= 0.3 is 0 Å². The summed E-state index contributed by atoms with van der Waals surface area (Å²) in [5.74, 6) is 1.74. The molecule has 3 unspecified atom stereocenters. The zero-order chi connectivity index (χ0) is 11.8. The number of pyridine rings is 1. The van der Waals surface area contributed by atoms with Gasteiger partial charge in [-0.05, 0) is 36.8 Å². The second kappa shape index (κ2) is 3.87. The predicted octanol–water partition coefficient (Wildman–Crippen LogP) is 1.81.